The Labute approximate surface area is 79.8 Å². The van der Waals surface area contributed by atoms with Crippen molar-refractivity contribution in [3.05, 3.63) is 0 Å². The summed E-state index contributed by atoms with van der Waals surface area (Å²) in [5, 5.41) is 3.35. The van der Waals surface area contributed by atoms with E-state index in [4.69, 9.17) is 4.74 Å². The summed E-state index contributed by atoms with van der Waals surface area (Å²) in [4.78, 5) is 11.5. The Kier molecular flexibility index (Phi) is 3.72. The summed E-state index contributed by atoms with van der Waals surface area (Å²) in [6, 6.07) is 0.420. The average molecular weight is 185 g/mol. The minimum absolute atomic E-state index is 0.0247. The van der Waals surface area contributed by atoms with Crippen molar-refractivity contribution in [1.29, 1.82) is 0 Å². The number of esters is 1. The van der Waals surface area contributed by atoms with Crippen molar-refractivity contribution in [1.82, 2.24) is 5.32 Å². The van der Waals surface area contributed by atoms with E-state index in [0.717, 1.165) is 13.0 Å². The van der Waals surface area contributed by atoms with E-state index in [1.807, 2.05) is 6.92 Å². The second kappa shape index (κ2) is 4.61. The van der Waals surface area contributed by atoms with E-state index < -0.39 is 0 Å². The van der Waals surface area contributed by atoms with Gasteiger partial charge in [-0.25, -0.2) is 0 Å². The normalized spacial score (nSPS) is 34.2. The molecule has 3 unspecified atom stereocenters. The molecule has 13 heavy (non-hydrogen) atoms. The highest BCUT2D eigenvalue weighted by Crippen LogP contribution is 2.24. The zero-order chi connectivity index (χ0) is 9.84. The fraction of sp³-hybridized carbons (Fsp3) is 0.900. The predicted octanol–water partition coefficient (Wildman–Crippen LogP) is 1.18. The molecule has 1 fully saturated rings. The van der Waals surface area contributed by atoms with Crippen LogP contribution in [-0.4, -0.2) is 25.2 Å². The van der Waals surface area contributed by atoms with E-state index >= 15 is 0 Å². The minimum atomic E-state index is -0.0247. The number of carbonyl (C=O) groups excluding carboxylic acids is 1. The highest BCUT2D eigenvalue weighted by Gasteiger charge is 2.32. The van der Waals surface area contributed by atoms with Crippen LogP contribution in [0.3, 0.4) is 0 Å². The van der Waals surface area contributed by atoms with Crippen LogP contribution >= 0.6 is 0 Å². The van der Waals surface area contributed by atoms with Gasteiger partial charge in [-0.2, -0.15) is 0 Å². The zero-order valence-corrected chi connectivity index (χ0v) is 8.67. The topological polar surface area (TPSA) is 38.3 Å². The van der Waals surface area contributed by atoms with E-state index in [-0.39, 0.29) is 11.9 Å². The van der Waals surface area contributed by atoms with Crippen LogP contribution in [0.4, 0.5) is 0 Å². The number of carbonyl (C=O) groups is 1. The number of rotatable bonds is 2. The molecule has 0 radical (unpaired) electrons. The van der Waals surface area contributed by atoms with Gasteiger partial charge in [0.25, 0.3) is 0 Å². The zero-order valence-electron chi connectivity index (χ0n) is 8.67. The Morgan fingerprint density at radius 1 is 1.54 bits per heavy atom. The number of piperidine rings is 1. The third-order valence-corrected chi connectivity index (χ3v) is 2.93. The molecule has 0 spiro atoms. The summed E-state index contributed by atoms with van der Waals surface area (Å²) in [7, 11) is 0. The van der Waals surface area contributed by atoms with Crippen LogP contribution in [0, 0.1) is 11.8 Å². The van der Waals surface area contributed by atoms with Gasteiger partial charge in [0, 0.05) is 6.04 Å². The SMILES string of the molecule is CCOC(=O)C1CCNC(C)C1C. The number of nitrogens with one attached hydrogen (secondary N) is 1. The molecule has 0 aromatic heterocycles. The molecule has 0 aromatic carbocycles. The van der Waals surface area contributed by atoms with Crippen LogP contribution in [0.15, 0.2) is 0 Å². The van der Waals surface area contributed by atoms with E-state index in [9.17, 15) is 4.79 Å². The molecule has 1 aliphatic heterocycles. The predicted molar refractivity (Wildman–Crippen MR) is 51.4 cm³/mol. The highest BCUT2D eigenvalue weighted by atomic mass is 16.5. The summed E-state index contributed by atoms with van der Waals surface area (Å²) in [6.07, 6.45) is 0.907. The lowest BCUT2D eigenvalue weighted by Gasteiger charge is -2.33. The van der Waals surface area contributed by atoms with Crippen LogP contribution in [-0.2, 0) is 9.53 Å². The summed E-state index contributed by atoms with van der Waals surface area (Å²) in [5.41, 5.74) is 0. The van der Waals surface area contributed by atoms with Gasteiger partial charge in [0.15, 0.2) is 0 Å². The summed E-state index contributed by atoms with van der Waals surface area (Å²) >= 11 is 0. The molecule has 1 aliphatic rings. The van der Waals surface area contributed by atoms with E-state index in [0.29, 0.717) is 18.6 Å². The van der Waals surface area contributed by atoms with Gasteiger partial charge < -0.3 is 10.1 Å². The summed E-state index contributed by atoms with van der Waals surface area (Å²) < 4.78 is 5.03. The molecule has 3 heteroatoms. The molecular formula is C10H19NO2. The molecule has 0 aliphatic carbocycles. The van der Waals surface area contributed by atoms with Crippen LogP contribution < -0.4 is 5.32 Å². The van der Waals surface area contributed by atoms with Crippen molar-refractivity contribution in [3.8, 4) is 0 Å². The van der Waals surface area contributed by atoms with Crippen LogP contribution in [0.2, 0.25) is 0 Å². The molecule has 1 rings (SSSR count). The molecule has 0 amide bonds. The number of hydrogen-bond donors (Lipinski definition) is 1. The Bertz CT molecular complexity index is 182. The van der Waals surface area contributed by atoms with Crippen molar-refractivity contribution in [3.63, 3.8) is 0 Å². The number of hydrogen-bond acceptors (Lipinski definition) is 3. The maximum Gasteiger partial charge on any atom is 0.309 e. The van der Waals surface area contributed by atoms with Crippen molar-refractivity contribution < 1.29 is 9.53 Å². The molecule has 3 atom stereocenters. The molecule has 76 valence electrons. The Morgan fingerprint density at radius 3 is 2.85 bits per heavy atom. The lowest BCUT2D eigenvalue weighted by molar-refractivity contribution is -0.151. The van der Waals surface area contributed by atoms with Crippen molar-refractivity contribution in [2.45, 2.75) is 33.2 Å². The average Bonchev–Trinajstić information content (AvgIpc) is 2.10. The van der Waals surface area contributed by atoms with Crippen molar-refractivity contribution in [2.24, 2.45) is 11.8 Å². The molecule has 1 saturated heterocycles. The Balaban J connectivity index is 2.52. The van der Waals surface area contributed by atoms with E-state index in [1.165, 1.54) is 0 Å². The molecule has 0 aromatic rings. The smallest absolute Gasteiger partial charge is 0.309 e. The second-order valence-corrected chi connectivity index (χ2v) is 3.75. The van der Waals surface area contributed by atoms with Gasteiger partial charge in [0.2, 0.25) is 0 Å². The molecule has 1 heterocycles. The maximum atomic E-state index is 11.5. The number of ether oxygens (including phenoxy) is 1. The lowest BCUT2D eigenvalue weighted by Crippen LogP contribution is -2.45. The van der Waals surface area contributed by atoms with Gasteiger partial charge in [-0.1, -0.05) is 6.92 Å². The van der Waals surface area contributed by atoms with Crippen LogP contribution in [0.5, 0.6) is 0 Å². The van der Waals surface area contributed by atoms with Gasteiger partial charge in [-0.3, -0.25) is 4.79 Å². The van der Waals surface area contributed by atoms with Crippen molar-refractivity contribution >= 4 is 5.97 Å². The first kappa shape index (κ1) is 10.5. The third-order valence-electron chi connectivity index (χ3n) is 2.93. The first-order chi connectivity index (χ1) is 6.16. The molecule has 0 saturated carbocycles. The minimum Gasteiger partial charge on any atom is -0.466 e. The molecule has 3 nitrogen and oxygen atoms in total. The lowest BCUT2D eigenvalue weighted by atomic mass is 9.83. The van der Waals surface area contributed by atoms with E-state index in [1.54, 1.807) is 0 Å². The van der Waals surface area contributed by atoms with Gasteiger partial charge in [-0.05, 0) is 32.7 Å². The molecule has 1 N–H and O–H groups in total. The molecular weight excluding hydrogens is 166 g/mol. The summed E-state index contributed by atoms with van der Waals surface area (Å²) in [6.45, 7) is 7.50. The fourth-order valence-electron chi connectivity index (χ4n) is 1.85. The Morgan fingerprint density at radius 2 is 2.23 bits per heavy atom. The Hall–Kier alpha value is -0.570. The summed E-state index contributed by atoms with van der Waals surface area (Å²) in [5.74, 6) is 0.451. The van der Waals surface area contributed by atoms with Crippen LogP contribution in [0.25, 0.3) is 0 Å². The quantitative estimate of drug-likeness (QED) is 0.657. The fourth-order valence-corrected chi connectivity index (χ4v) is 1.85. The van der Waals surface area contributed by atoms with E-state index in [2.05, 4.69) is 19.2 Å². The van der Waals surface area contributed by atoms with Gasteiger partial charge in [0.05, 0.1) is 12.5 Å². The van der Waals surface area contributed by atoms with Crippen LogP contribution in [0.1, 0.15) is 27.2 Å². The van der Waals surface area contributed by atoms with Gasteiger partial charge >= 0.3 is 5.97 Å². The second-order valence-electron chi connectivity index (χ2n) is 3.75. The first-order valence-corrected chi connectivity index (χ1v) is 5.06. The highest BCUT2D eigenvalue weighted by molar-refractivity contribution is 5.73. The van der Waals surface area contributed by atoms with Crippen molar-refractivity contribution in [2.75, 3.05) is 13.2 Å². The molecule has 0 bridgehead atoms. The third kappa shape index (κ3) is 2.44. The van der Waals surface area contributed by atoms with Gasteiger partial charge in [-0.15, -0.1) is 0 Å². The standard InChI is InChI=1S/C10H19NO2/c1-4-13-10(12)9-5-6-11-8(3)7(9)2/h7-9,11H,4-6H2,1-3H3. The monoisotopic (exact) mass is 185 g/mol. The first-order valence-electron chi connectivity index (χ1n) is 5.06. The maximum absolute atomic E-state index is 11.5. The van der Waals surface area contributed by atoms with Gasteiger partial charge in [0.1, 0.15) is 0 Å². The largest absolute Gasteiger partial charge is 0.466 e.